The molecule has 17 heavy (non-hydrogen) atoms. The van der Waals surface area contributed by atoms with Crippen molar-refractivity contribution in [2.45, 2.75) is 0 Å². The Morgan fingerprint density at radius 2 is 2.24 bits per heavy atom. The van der Waals surface area contributed by atoms with Gasteiger partial charge in [0.25, 0.3) is 5.56 Å². The van der Waals surface area contributed by atoms with Crippen LogP contribution in [0.3, 0.4) is 0 Å². The van der Waals surface area contributed by atoms with Gasteiger partial charge in [-0.25, -0.2) is 4.98 Å². The van der Waals surface area contributed by atoms with Crippen LogP contribution >= 0.6 is 27.3 Å². The highest BCUT2D eigenvalue weighted by Gasteiger charge is 2.09. The number of halogens is 1. The minimum atomic E-state index is -0.133. The number of hydrogen-bond acceptors (Lipinski definition) is 4. The largest absolute Gasteiger partial charge is 0.304 e. The molecule has 0 aliphatic carbocycles. The van der Waals surface area contributed by atoms with E-state index in [1.807, 2.05) is 24.3 Å². The van der Waals surface area contributed by atoms with E-state index in [2.05, 4.69) is 30.9 Å². The Morgan fingerprint density at radius 3 is 3.00 bits per heavy atom. The third-order valence-corrected chi connectivity index (χ3v) is 3.89. The number of aromatic amines is 1. The van der Waals surface area contributed by atoms with E-state index in [9.17, 15) is 4.79 Å². The van der Waals surface area contributed by atoms with Gasteiger partial charge in [0, 0.05) is 6.20 Å². The van der Waals surface area contributed by atoms with Gasteiger partial charge in [-0.2, -0.15) is 0 Å². The van der Waals surface area contributed by atoms with Crippen LogP contribution in [-0.4, -0.2) is 15.0 Å². The highest BCUT2D eigenvalue weighted by molar-refractivity contribution is 9.11. The zero-order valence-electron chi connectivity index (χ0n) is 8.48. The predicted molar refractivity (Wildman–Crippen MR) is 71.2 cm³/mol. The van der Waals surface area contributed by atoms with Crippen molar-refractivity contribution in [1.29, 1.82) is 0 Å². The van der Waals surface area contributed by atoms with Crippen molar-refractivity contribution in [1.82, 2.24) is 15.0 Å². The Balaban J connectivity index is 2.29. The molecular formula is C11H6BrN3OS. The molecule has 3 rings (SSSR count). The minimum absolute atomic E-state index is 0.133. The molecule has 0 unspecified atom stereocenters. The molecule has 3 heterocycles. The van der Waals surface area contributed by atoms with Gasteiger partial charge in [0.15, 0.2) is 5.82 Å². The molecule has 0 aromatic carbocycles. The summed E-state index contributed by atoms with van der Waals surface area (Å²) in [6, 6.07) is 7.32. The molecule has 0 fully saturated rings. The van der Waals surface area contributed by atoms with Gasteiger partial charge in [-0.1, -0.05) is 6.07 Å². The average molecular weight is 308 g/mol. The van der Waals surface area contributed by atoms with E-state index in [1.54, 1.807) is 6.20 Å². The maximum atomic E-state index is 11.9. The van der Waals surface area contributed by atoms with Crippen LogP contribution in [0.25, 0.3) is 21.7 Å². The highest BCUT2D eigenvalue weighted by atomic mass is 79.9. The zero-order valence-corrected chi connectivity index (χ0v) is 10.9. The summed E-state index contributed by atoms with van der Waals surface area (Å²) >= 11 is 4.72. The topological polar surface area (TPSA) is 58.6 Å². The van der Waals surface area contributed by atoms with Crippen molar-refractivity contribution < 1.29 is 0 Å². The number of thiophene rings is 1. The first kappa shape index (κ1) is 10.6. The van der Waals surface area contributed by atoms with Crippen LogP contribution in [0.5, 0.6) is 0 Å². The first-order valence-electron chi connectivity index (χ1n) is 4.85. The molecule has 0 bridgehead atoms. The molecule has 3 aromatic heterocycles. The standard InChI is InChI=1S/C11H6BrN3OS/c12-8-5-7-9(17-8)11(16)15-10(14-7)6-3-1-2-4-13-6/h1-5H,(H,14,15,16). The van der Waals surface area contributed by atoms with E-state index < -0.39 is 0 Å². The lowest BCUT2D eigenvalue weighted by molar-refractivity contribution is 1.15. The van der Waals surface area contributed by atoms with Crippen LogP contribution in [0.1, 0.15) is 0 Å². The summed E-state index contributed by atoms with van der Waals surface area (Å²) in [5.74, 6) is 0.494. The summed E-state index contributed by atoms with van der Waals surface area (Å²) in [5, 5.41) is 0. The van der Waals surface area contributed by atoms with E-state index in [4.69, 9.17) is 0 Å². The second-order valence-corrected chi connectivity index (χ2v) is 5.83. The number of rotatable bonds is 1. The lowest BCUT2D eigenvalue weighted by Crippen LogP contribution is -2.07. The molecule has 3 aromatic rings. The number of fused-ring (bicyclic) bond motifs is 1. The van der Waals surface area contributed by atoms with E-state index in [0.29, 0.717) is 21.7 Å². The quantitative estimate of drug-likeness (QED) is 0.752. The predicted octanol–water partition coefficient (Wildman–Crippen LogP) is 2.81. The molecule has 6 heteroatoms. The second kappa shape index (κ2) is 4.05. The van der Waals surface area contributed by atoms with E-state index in [-0.39, 0.29) is 5.56 Å². The third-order valence-electron chi connectivity index (χ3n) is 2.26. The summed E-state index contributed by atoms with van der Waals surface area (Å²) in [6.45, 7) is 0. The maximum absolute atomic E-state index is 11.9. The van der Waals surface area contributed by atoms with Crippen molar-refractivity contribution in [3.8, 4) is 11.5 Å². The molecule has 1 N–H and O–H groups in total. The third kappa shape index (κ3) is 1.89. The zero-order chi connectivity index (χ0) is 11.8. The van der Waals surface area contributed by atoms with Crippen molar-refractivity contribution in [3.05, 3.63) is 44.6 Å². The Bertz CT molecular complexity index is 735. The number of H-pyrrole nitrogens is 1. The smallest absolute Gasteiger partial charge is 0.269 e. The molecule has 0 amide bonds. The average Bonchev–Trinajstić information content (AvgIpc) is 2.71. The van der Waals surface area contributed by atoms with Crippen molar-refractivity contribution >= 4 is 37.5 Å². The van der Waals surface area contributed by atoms with Gasteiger partial charge in [0.05, 0.1) is 9.30 Å². The number of nitrogens with one attached hydrogen (secondary N) is 1. The van der Waals surface area contributed by atoms with Crippen molar-refractivity contribution in [3.63, 3.8) is 0 Å². The maximum Gasteiger partial charge on any atom is 0.269 e. The lowest BCUT2D eigenvalue weighted by atomic mass is 10.3. The van der Waals surface area contributed by atoms with Gasteiger partial charge in [-0.05, 0) is 34.1 Å². The molecule has 4 nitrogen and oxygen atoms in total. The van der Waals surface area contributed by atoms with Crippen LogP contribution in [0, 0.1) is 0 Å². The monoisotopic (exact) mass is 307 g/mol. The molecule has 0 spiro atoms. The van der Waals surface area contributed by atoms with Gasteiger partial charge in [0.2, 0.25) is 0 Å². The van der Waals surface area contributed by atoms with Crippen LogP contribution in [-0.2, 0) is 0 Å². The molecule has 0 saturated carbocycles. The normalized spacial score (nSPS) is 10.9. The molecule has 0 radical (unpaired) electrons. The fraction of sp³-hybridized carbons (Fsp3) is 0. The molecule has 0 aliphatic rings. The van der Waals surface area contributed by atoms with Crippen LogP contribution in [0.2, 0.25) is 0 Å². The first-order valence-corrected chi connectivity index (χ1v) is 6.46. The summed E-state index contributed by atoms with van der Waals surface area (Å²) < 4.78 is 1.51. The number of aromatic nitrogens is 3. The number of nitrogens with zero attached hydrogens (tertiary/aromatic N) is 2. The summed E-state index contributed by atoms with van der Waals surface area (Å²) in [6.07, 6.45) is 1.67. The van der Waals surface area contributed by atoms with E-state index in [1.165, 1.54) is 11.3 Å². The van der Waals surface area contributed by atoms with Gasteiger partial charge in [-0.15, -0.1) is 11.3 Å². The summed E-state index contributed by atoms with van der Waals surface area (Å²) in [7, 11) is 0. The molecule has 0 aliphatic heterocycles. The van der Waals surface area contributed by atoms with Crippen LogP contribution < -0.4 is 5.56 Å². The van der Waals surface area contributed by atoms with E-state index >= 15 is 0 Å². The number of hydrogen-bond donors (Lipinski definition) is 1. The lowest BCUT2D eigenvalue weighted by Gasteiger charge is -1.98. The van der Waals surface area contributed by atoms with Gasteiger partial charge in [0.1, 0.15) is 10.4 Å². The Kier molecular flexibility index (Phi) is 2.53. The fourth-order valence-corrected chi connectivity index (χ4v) is 2.96. The molecule has 0 atom stereocenters. The van der Waals surface area contributed by atoms with E-state index in [0.717, 1.165) is 3.79 Å². The minimum Gasteiger partial charge on any atom is -0.304 e. The molecular weight excluding hydrogens is 302 g/mol. The Morgan fingerprint density at radius 1 is 1.35 bits per heavy atom. The Labute approximate surface area is 108 Å². The highest BCUT2D eigenvalue weighted by Crippen LogP contribution is 2.26. The van der Waals surface area contributed by atoms with Crippen molar-refractivity contribution in [2.24, 2.45) is 0 Å². The summed E-state index contributed by atoms with van der Waals surface area (Å²) in [4.78, 5) is 23.1. The van der Waals surface area contributed by atoms with Gasteiger partial charge < -0.3 is 4.98 Å². The fourth-order valence-electron chi connectivity index (χ4n) is 1.53. The van der Waals surface area contributed by atoms with Crippen molar-refractivity contribution in [2.75, 3.05) is 0 Å². The molecule has 84 valence electrons. The van der Waals surface area contributed by atoms with Crippen LogP contribution in [0.15, 0.2) is 39.0 Å². The van der Waals surface area contributed by atoms with Crippen LogP contribution in [0.4, 0.5) is 0 Å². The van der Waals surface area contributed by atoms with Gasteiger partial charge in [-0.3, -0.25) is 9.78 Å². The van der Waals surface area contributed by atoms with Gasteiger partial charge >= 0.3 is 0 Å². The second-order valence-electron chi connectivity index (χ2n) is 3.39. The summed E-state index contributed by atoms with van der Waals surface area (Å²) in [5.41, 5.74) is 1.21. The SMILES string of the molecule is O=c1[nH]c(-c2ccccn2)nc2cc(Br)sc12. The molecule has 0 saturated heterocycles. The number of pyridine rings is 1. The Hall–Kier alpha value is -1.53. The first-order chi connectivity index (χ1) is 8.24.